The summed E-state index contributed by atoms with van der Waals surface area (Å²) in [7, 11) is 0. The van der Waals surface area contributed by atoms with Crippen LogP contribution >= 0.6 is 11.8 Å². The van der Waals surface area contributed by atoms with Crippen molar-refractivity contribution in [3.8, 4) is 5.75 Å². The van der Waals surface area contributed by atoms with E-state index in [1.807, 2.05) is 39.8 Å². The Morgan fingerprint density at radius 1 is 1.15 bits per heavy atom. The maximum absolute atomic E-state index is 14.3. The number of likely N-dealkylation sites (tertiary alicyclic amines) is 1. The van der Waals surface area contributed by atoms with Gasteiger partial charge in [-0.1, -0.05) is 34.6 Å². The minimum atomic E-state index is -0.755. The molecule has 3 unspecified atom stereocenters. The zero-order valence-electron chi connectivity index (χ0n) is 25.2. The van der Waals surface area contributed by atoms with E-state index in [1.54, 1.807) is 28.8 Å². The number of nitrogens with one attached hydrogen (secondary N) is 2. The predicted molar refractivity (Wildman–Crippen MR) is 159 cm³/mol. The molecule has 1 aromatic rings. The lowest BCUT2D eigenvalue weighted by molar-refractivity contribution is -0.142. The molecule has 3 heterocycles. The van der Waals surface area contributed by atoms with E-state index in [9.17, 15) is 19.5 Å². The Balaban J connectivity index is 1.68. The lowest BCUT2D eigenvalue weighted by Crippen LogP contribution is -2.61. The van der Waals surface area contributed by atoms with Crippen molar-refractivity contribution in [3.05, 3.63) is 24.3 Å². The third kappa shape index (κ3) is 5.48. The Morgan fingerprint density at radius 3 is 2.35 bits per heavy atom. The molecule has 9 heteroatoms. The van der Waals surface area contributed by atoms with E-state index in [1.165, 1.54) is 0 Å². The van der Waals surface area contributed by atoms with Gasteiger partial charge in [0.1, 0.15) is 11.8 Å². The summed E-state index contributed by atoms with van der Waals surface area (Å²) < 4.78 is 4.78. The summed E-state index contributed by atoms with van der Waals surface area (Å²) in [5.74, 6) is -0.972. The quantitative estimate of drug-likeness (QED) is 0.381. The van der Waals surface area contributed by atoms with Crippen molar-refractivity contribution in [2.75, 3.05) is 18.5 Å². The average molecular weight is 574 g/mol. The number of ether oxygens (including phenoxy) is 1. The number of hydrogen-bond acceptors (Lipinski definition) is 6. The third-order valence-corrected chi connectivity index (χ3v) is 10.8. The number of carbonyl (C=O) groups is 3. The SMILES string of the molecule is CCOc1ccc(NC(=O)[C@@H]2[C@H]3C(=O)N([C@@H](CC)CO)C(C(=O)NC(C)(C)CC(C)(C)C)C34S[C@@H]2CC4C)cc1. The Bertz CT molecular complexity index is 1110. The molecule has 3 aliphatic heterocycles. The van der Waals surface area contributed by atoms with E-state index in [0.29, 0.717) is 18.7 Å². The molecule has 222 valence electrons. The summed E-state index contributed by atoms with van der Waals surface area (Å²) in [5, 5.41) is 16.6. The second-order valence-electron chi connectivity index (χ2n) is 13.6. The highest BCUT2D eigenvalue weighted by Gasteiger charge is 2.76. The van der Waals surface area contributed by atoms with E-state index in [-0.39, 0.29) is 40.9 Å². The van der Waals surface area contributed by atoms with Crippen LogP contribution in [0.3, 0.4) is 0 Å². The molecule has 1 aromatic carbocycles. The molecule has 0 saturated carbocycles. The minimum absolute atomic E-state index is 0.00224. The van der Waals surface area contributed by atoms with Crippen molar-refractivity contribution >= 4 is 35.2 Å². The van der Waals surface area contributed by atoms with Gasteiger partial charge in [-0.25, -0.2) is 0 Å². The molecule has 40 heavy (non-hydrogen) atoms. The lowest BCUT2D eigenvalue weighted by atomic mass is 9.65. The van der Waals surface area contributed by atoms with Gasteiger partial charge < -0.3 is 25.4 Å². The van der Waals surface area contributed by atoms with E-state index >= 15 is 0 Å². The zero-order chi connectivity index (χ0) is 29.6. The Kier molecular flexibility index (Phi) is 8.59. The van der Waals surface area contributed by atoms with Crippen LogP contribution in [0.5, 0.6) is 5.75 Å². The summed E-state index contributed by atoms with van der Waals surface area (Å²) >= 11 is 1.65. The van der Waals surface area contributed by atoms with Crippen molar-refractivity contribution in [2.24, 2.45) is 23.2 Å². The van der Waals surface area contributed by atoms with Crippen molar-refractivity contribution in [3.63, 3.8) is 0 Å². The first-order valence-corrected chi connectivity index (χ1v) is 15.5. The number of aliphatic hydroxyl groups is 1. The van der Waals surface area contributed by atoms with E-state index in [4.69, 9.17) is 4.74 Å². The molecule has 0 radical (unpaired) electrons. The van der Waals surface area contributed by atoms with Crippen molar-refractivity contribution in [1.29, 1.82) is 0 Å². The highest BCUT2D eigenvalue weighted by atomic mass is 32.2. The number of fused-ring (bicyclic) bond motifs is 1. The average Bonchev–Trinajstić information content (AvgIpc) is 3.43. The van der Waals surface area contributed by atoms with Gasteiger partial charge in [0, 0.05) is 16.5 Å². The number of amides is 3. The fourth-order valence-corrected chi connectivity index (χ4v) is 10.1. The van der Waals surface area contributed by atoms with Gasteiger partial charge in [0.15, 0.2) is 0 Å². The standard InChI is InChI=1S/C31H47N3O5S/c1-9-20(16-35)34-25(27(37)33-30(7,8)17-29(4,5)6)31-18(3)15-22(40-31)23(24(31)28(34)38)26(36)32-19-11-13-21(14-12-19)39-10-2/h11-14,18,20,22-25,35H,9-10,15-17H2,1-8H3,(H,32,36)(H,33,37)/t18?,20-,22+,23-,24-,25?,31?/m0/s1. The van der Waals surface area contributed by atoms with Crippen LogP contribution in [0.15, 0.2) is 24.3 Å². The molecule has 3 aliphatic rings. The van der Waals surface area contributed by atoms with Crippen molar-refractivity contribution < 1.29 is 24.2 Å². The lowest BCUT2D eigenvalue weighted by Gasteiger charge is -2.42. The summed E-state index contributed by atoms with van der Waals surface area (Å²) in [6, 6.07) is 5.99. The molecule has 3 amide bonds. The molecular formula is C31H47N3O5S. The molecule has 7 atom stereocenters. The fourth-order valence-electron chi connectivity index (χ4n) is 7.66. The molecule has 2 bridgehead atoms. The van der Waals surface area contributed by atoms with Gasteiger partial charge in [0.25, 0.3) is 0 Å². The van der Waals surface area contributed by atoms with E-state index < -0.39 is 34.2 Å². The number of rotatable bonds is 10. The maximum atomic E-state index is 14.3. The summed E-state index contributed by atoms with van der Waals surface area (Å²) in [4.78, 5) is 44.0. The number of thioether (sulfide) groups is 1. The second kappa shape index (κ2) is 11.2. The van der Waals surface area contributed by atoms with E-state index in [2.05, 4.69) is 38.3 Å². The zero-order valence-corrected chi connectivity index (χ0v) is 26.1. The molecule has 0 aliphatic carbocycles. The van der Waals surface area contributed by atoms with Gasteiger partial charge in [-0.05, 0) is 75.6 Å². The van der Waals surface area contributed by atoms with E-state index in [0.717, 1.165) is 18.6 Å². The number of carbonyl (C=O) groups excluding carboxylic acids is 3. The van der Waals surface area contributed by atoms with Crippen LogP contribution in [0.4, 0.5) is 5.69 Å². The number of hydrogen-bond donors (Lipinski definition) is 3. The fraction of sp³-hybridized carbons (Fsp3) is 0.710. The maximum Gasteiger partial charge on any atom is 0.244 e. The summed E-state index contributed by atoms with van der Waals surface area (Å²) in [5.41, 5.74) is 0.150. The number of aliphatic hydroxyl groups excluding tert-OH is 1. The first-order valence-electron chi connectivity index (χ1n) is 14.7. The van der Waals surface area contributed by atoms with Crippen LogP contribution in [0.25, 0.3) is 0 Å². The monoisotopic (exact) mass is 573 g/mol. The molecule has 4 rings (SSSR count). The molecule has 3 saturated heterocycles. The van der Waals surface area contributed by atoms with Crippen molar-refractivity contribution in [2.45, 2.75) is 102 Å². The van der Waals surface area contributed by atoms with Gasteiger partial charge in [0.05, 0.1) is 35.8 Å². The molecule has 3 fully saturated rings. The predicted octanol–water partition coefficient (Wildman–Crippen LogP) is 4.46. The summed E-state index contributed by atoms with van der Waals surface area (Å²) in [6.45, 7) is 16.7. The van der Waals surface area contributed by atoms with Crippen LogP contribution in [-0.4, -0.2) is 68.6 Å². The molecule has 3 N–H and O–H groups in total. The largest absolute Gasteiger partial charge is 0.494 e. The summed E-state index contributed by atoms with van der Waals surface area (Å²) in [6.07, 6.45) is 2.04. The van der Waals surface area contributed by atoms with Gasteiger partial charge in [-0.2, -0.15) is 0 Å². The van der Waals surface area contributed by atoms with Crippen LogP contribution < -0.4 is 15.4 Å². The molecule has 8 nitrogen and oxygen atoms in total. The second-order valence-corrected chi connectivity index (χ2v) is 15.1. The first-order chi connectivity index (χ1) is 18.7. The normalized spacial score (nSPS) is 30.3. The number of anilines is 1. The Hall–Kier alpha value is -2.26. The highest BCUT2D eigenvalue weighted by Crippen LogP contribution is 2.69. The van der Waals surface area contributed by atoms with Gasteiger partial charge >= 0.3 is 0 Å². The van der Waals surface area contributed by atoms with Crippen LogP contribution in [0.1, 0.15) is 74.7 Å². The van der Waals surface area contributed by atoms with Crippen LogP contribution in [0, 0.1) is 23.2 Å². The number of nitrogens with zero attached hydrogens (tertiary/aromatic N) is 1. The molecular weight excluding hydrogens is 526 g/mol. The molecule has 0 aromatic heterocycles. The number of benzene rings is 1. The van der Waals surface area contributed by atoms with Gasteiger partial charge in [-0.15, -0.1) is 11.8 Å². The first kappa shape index (κ1) is 30.7. The molecule has 1 spiro atoms. The topological polar surface area (TPSA) is 108 Å². The highest BCUT2D eigenvalue weighted by molar-refractivity contribution is 8.02. The Morgan fingerprint density at radius 2 is 1.80 bits per heavy atom. The Labute approximate surface area is 243 Å². The van der Waals surface area contributed by atoms with Crippen LogP contribution in [0.2, 0.25) is 0 Å². The minimum Gasteiger partial charge on any atom is -0.494 e. The van der Waals surface area contributed by atoms with Crippen LogP contribution in [-0.2, 0) is 14.4 Å². The third-order valence-electron chi connectivity index (χ3n) is 8.68. The van der Waals surface area contributed by atoms with Gasteiger partial charge in [-0.3, -0.25) is 14.4 Å². The van der Waals surface area contributed by atoms with Crippen molar-refractivity contribution in [1.82, 2.24) is 10.2 Å². The van der Waals surface area contributed by atoms with Gasteiger partial charge in [0.2, 0.25) is 17.7 Å². The smallest absolute Gasteiger partial charge is 0.244 e.